The molecule has 0 bridgehead atoms. The minimum absolute atomic E-state index is 0.0297. The summed E-state index contributed by atoms with van der Waals surface area (Å²) in [6, 6.07) is 13.8. The number of piperidine rings is 1. The van der Waals surface area contributed by atoms with E-state index in [1.165, 1.54) is 0 Å². The lowest BCUT2D eigenvalue weighted by molar-refractivity contribution is -0.00997. The van der Waals surface area contributed by atoms with E-state index in [0.717, 1.165) is 29.7 Å². The molecule has 3 heterocycles. The zero-order valence-corrected chi connectivity index (χ0v) is 27.7. The van der Waals surface area contributed by atoms with Crippen LogP contribution in [-0.4, -0.2) is 85.6 Å². The van der Waals surface area contributed by atoms with E-state index in [2.05, 4.69) is 29.1 Å². The van der Waals surface area contributed by atoms with Crippen molar-refractivity contribution in [1.29, 1.82) is 0 Å². The van der Waals surface area contributed by atoms with Crippen LogP contribution in [0.3, 0.4) is 0 Å². The number of halogens is 2. The summed E-state index contributed by atoms with van der Waals surface area (Å²) in [5, 5.41) is 10.0. The van der Waals surface area contributed by atoms with Crippen LogP contribution in [0.5, 0.6) is 0 Å². The molecule has 2 saturated heterocycles. The largest absolute Gasteiger partial charge is 0.444 e. The van der Waals surface area contributed by atoms with Gasteiger partial charge < -0.3 is 14.5 Å². The predicted octanol–water partition coefficient (Wildman–Crippen LogP) is 6.48. The van der Waals surface area contributed by atoms with E-state index in [0.29, 0.717) is 54.9 Å². The Morgan fingerprint density at radius 3 is 2.30 bits per heavy atom. The second-order valence-electron chi connectivity index (χ2n) is 13.0. The molecule has 2 fully saturated rings. The third kappa shape index (κ3) is 7.56. The van der Waals surface area contributed by atoms with Gasteiger partial charge in [0.15, 0.2) is 0 Å². The summed E-state index contributed by atoms with van der Waals surface area (Å²) >= 11 is 12.7. The molecule has 3 aromatic rings. The molecule has 11 heteroatoms. The standard InChI is InChI=1S/C33H42Cl2N6O3/c1-22-17-39(32(43)44-33(3,4)5)18-23(2)41(22)21-26-20-40(37-36-26)19-25-9-6-7-10-28(25)31(42)38-15-13-24(14-16-38)27-11-8-12-29(34)30(27)35/h6-12,20,22-24H,13-19,21H2,1-5H3/t22-,23+. The fourth-order valence-corrected chi connectivity index (χ4v) is 6.72. The van der Waals surface area contributed by atoms with Crippen LogP contribution in [0.2, 0.25) is 10.0 Å². The van der Waals surface area contributed by atoms with Gasteiger partial charge in [-0.15, -0.1) is 5.10 Å². The molecule has 5 rings (SSSR count). The van der Waals surface area contributed by atoms with E-state index in [1.807, 2.05) is 68.3 Å². The second kappa shape index (κ2) is 13.5. The van der Waals surface area contributed by atoms with Crippen molar-refractivity contribution in [1.82, 2.24) is 29.7 Å². The fourth-order valence-electron chi connectivity index (χ4n) is 6.26. The van der Waals surface area contributed by atoms with Crippen LogP contribution >= 0.6 is 23.2 Å². The van der Waals surface area contributed by atoms with Crippen LogP contribution in [-0.2, 0) is 17.8 Å². The van der Waals surface area contributed by atoms with Gasteiger partial charge in [-0.2, -0.15) is 0 Å². The third-order valence-corrected chi connectivity index (χ3v) is 9.30. The Hall–Kier alpha value is -3.14. The van der Waals surface area contributed by atoms with Crippen LogP contribution in [0.25, 0.3) is 0 Å². The van der Waals surface area contributed by atoms with Crippen molar-refractivity contribution in [2.75, 3.05) is 26.2 Å². The highest BCUT2D eigenvalue weighted by atomic mass is 35.5. The molecule has 0 N–H and O–H groups in total. The van der Waals surface area contributed by atoms with E-state index in [4.69, 9.17) is 27.9 Å². The average Bonchev–Trinajstić information content (AvgIpc) is 3.42. The number of carbonyl (C=O) groups excluding carboxylic acids is 2. The molecule has 2 aromatic carbocycles. The summed E-state index contributed by atoms with van der Waals surface area (Å²) < 4.78 is 7.38. The molecule has 0 unspecified atom stereocenters. The number of rotatable bonds is 6. The van der Waals surface area contributed by atoms with Crippen molar-refractivity contribution >= 4 is 35.2 Å². The molecule has 0 spiro atoms. The van der Waals surface area contributed by atoms with Gasteiger partial charge in [-0.3, -0.25) is 9.69 Å². The summed E-state index contributed by atoms with van der Waals surface area (Å²) in [6.45, 7) is 13.4. The molecular formula is C33H42Cl2N6O3. The number of piperazine rings is 1. The van der Waals surface area contributed by atoms with Crippen molar-refractivity contribution in [3.05, 3.63) is 81.1 Å². The maximum atomic E-state index is 13.7. The minimum Gasteiger partial charge on any atom is -0.444 e. The maximum absolute atomic E-state index is 13.7. The highest BCUT2D eigenvalue weighted by Gasteiger charge is 2.34. The van der Waals surface area contributed by atoms with E-state index in [-0.39, 0.29) is 30.0 Å². The first-order valence-electron chi connectivity index (χ1n) is 15.3. The van der Waals surface area contributed by atoms with E-state index >= 15 is 0 Å². The topological polar surface area (TPSA) is 83.8 Å². The number of hydrogen-bond donors (Lipinski definition) is 0. The second-order valence-corrected chi connectivity index (χ2v) is 13.8. The van der Waals surface area contributed by atoms with Crippen molar-refractivity contribution in [3.63, 3.8) is 0 Å². The summed E-state index contributed by atoms with van der Waals surface area (Å²) in [6.07, 6.45) is 3.35. The first kappa shape index (κ1) is 32.3. The number of benzene rings is 2. The molecule has 2 atom stereocenters. The van der Waals surface area contributed by atoms with Crippen LogP contribution < -0.4 is 0 Å². The molecule has 0 aliphatic carbocycles. The lowest BCUT2D eigenvalue weighted by Gasteiger charge is -2.44. The van der Waals surface area contributed by atoms with Crippen molar-refractivity contribution in [3.8, 4) is 0 Å². The Balaban J connectivity index is 1.19. The van der Waals surface area contributed by atoms with Gasteiger partial charge in [-0.05, 0) is 76.6 Å². The van der Waals surface area contributed by atoms with Gasteiger partial charge in [0.2, 0.25) is 0 Å². The zero-order valence-electron chi connectivity index (χ0n) is 26.2. The maximum Gasteiger partial charge on any atom is 0.410 e. The number of ether oxygens (including phenoxy) is 1. The lowest BCUT2D eigenvalue weighted by atomic mass is 9.89. The van der Waals surface area contributed by atoms with E-state index in [1.54, 1.807) is 15.6 Å². The Bertz CT molecular complexity index is 1470. The quantitative estimate of drug-likeness (QED) is 0.307. The Morgan fingerprint density at radius 1 is 0.932 bits per heavy atom. The first-order valence-corrected chi connectivity index (χ1v) is 16.1. The number of nitrogens with zero attached hydrogens (tertiary/aromatic N) is 6. The van der Waals surface area contributed by atoms with Gasteiger partial charge in [0.25, 0.3) is 5.91 Å². The summed E-state index contributed by atoms with van der Waals surface area (Å²) in [4.78, 5) is 32.4. The minimum atomic E-state index is -0.522. The molecule has 9 nitrogen and oxygen atoms in total. The van der Waals surface area contributed by atoms with Crippen LogP contribution in [0, 0.1) is 0 Å². The predicted molar refractivity (Wildman–Crippen MR) is 172 cm³/mol. The van der Waals surface area contributed by atoms with Gasteiger partial charge in [-0.1, -0.05) is 58.7 Å². The van der Waals surface area contributed by atoms with E-state index in [9.17, 15) is 9.59 Å². The Morgan fingerprint density at radius 2 is 1.61 bits per heavy atom. The molecule has 2 aliphatic rings. The van der Waals surface area contributed by atoms with Gasteiger partial charge in [-0.25, -0.2) is 9.48 Å². The van der Waals surface area contributed by atoms with Crippen LogP contribution in [0.1, 0.15) is 80.6 Å². The zero-order chi connectivity index (χ0) is 31.6. The van der Waals surface area contributed by atoms with Crippen molar-refractivity contribution in [2.45, 2.75) is 84.2 Å². The fraction of sp³-hybridized carbons (Fsp3) is 0.515. The number of carbonyl (C=O) groups is 2. The lowest BCUT2D eigenvalue weighted by Crippen LogP contribution is -2.58. The number of hydrogen-bond acceptors (Lipinski definition) is 6. The molecule has 0 saturated carbocycles. The molecule has 2 aliphatic heterocycles. The summed E-state index contributed by atoms with van der Waals surface area (Å²) in [7, 11) is 0. The van der Waals surface area contributed by atoms with Gasteiger partial charge in [0.05, 0.1) is 28.5 Å². The highest BCUT2D eigenvalue weighted by molar-refractivity contribution is 6.42. The van der Waals surface area contributed by atoms with Gasteiger partial charge >= 0.3 is 6.09 Å². The Labute approximate surface area is 270 Å². The van der Waals surface area contributed by atoms with Crippen molar-refractivity contribution < 1.29 is 14.3 Å². The molecular weight excluding hydrogens is 599 g/mol. The van der Waals surface area contributed by atoms with Gasteiger partial charge in [0.1, 0.15) is 5.60 Å². The van der Waals surface area contributed by atoms with Crippen LogP contribution in [0.15, 0.2) is 48.7 Å². The SMILES string of the molecule is C[C@@H]1CN(C(=O)OC(C)(C)C)C[C@H](C)N1Cc1cn(Cc2ccccc2C(=O)N2CCC(c3cccc(Cl)c3Cl)CC2)nn1. The van der Waals surface area contributed by atoms with Gasteiger partial charge in [0, 0.05) is 50.4 Å². The normalized spacial score (nSPS) is 20.2. The average molecular weight is 642 g/mol. The molecule has 44 heavy (non-hydrogen) atoms. The summed E-state index contributed by atoms with van der Waals surface area (Å²) in [5.74, 6) is 0.307. The number of amides is 2. The highest BCUT2D eigenvalue weighted by Crippen LogP contribution is 2.36. The third-order valence-electron chi connectivity index (χ3n) is 8.47. The molecule has 236 valence electrons. The number of aromatic nitrogens is 3. The Kier molecular flexibility index (Phi) is 9.87. The molecule has 1 aromatic heterocycles. The first-order chi connectivity index (χ1) is 20.9. The van der Waals surface area contributed by atoms with Crippen LogP contribution in [0.4, 0.5) is 4.79 Å². The number of likely N-dealkylation sites (tertiary alicyclic amines) is 1. The van der Waals surface area contributed by atoms with Crippen molar-refractivity contribution in [2.24, 2.45) is 0 Å². The monoisotopic (exact) mass is 640 g/mol. The smallest absolute Gasteiger partial charge is 0.410 e. The summed E-state index contributed by atoms with van der Waals surface area (Å²) in [5.41, 5.74) is 2.97. The molecule has 2 amide bonds. The van der Waals surface area contributed by atoms with E-state index < -0.39 is 5.60 Å². The molecule has 0 radical (unpaired) electrons.